The maximum Gasteiger partial charge on any atom is 0.00697 e. The second-order valence-electron chi connectivity index (χ2n) is 4.98. The Bertz CT molecular complexity index is 134. The molecule has 2 N–H and O–H groups in total. The summed E-state index contributed by atoms with van der Waals surface area (Å²) in [6.07, 6.45) is 10.9. The highest BCUT2D eigenvalue weighted by molar-refractivity contribution is 4.78. The molecule has 1 atom stereocenters. The van der Waals surface area contributed by atoms with Gasteiger partial charge in [0.15, 0.2) is 0 Å². The summed E-state index contributed by atoms with van der Waals surface area (Å²) in [5.74, 6) is 1.70. The summed E-state index contributed by atoms with van der Waals surface area (Å²) in [4.78, 5) is 0. The van der Waals surface area contributed by atoms with Crippen molar-refractivity contribution >= 4 is 0 Å². The molecule has 0 heterocycles. The van der Waals surface area contributed by atoms with Crippen molar-refractivity contribution in [1.82, 2.24) is 0 Å². The lowest BCUT2D eigenvalue weighted by Crippen LogP contribution is -2.33. The van der Waals surface area contributed by atoms with Gasteiger partial charge >= 0.3 is 0 Å². The molecule has 1 unspecified atom stereocenters. The molecule has 1 saturated carbocycles. The van der Waals surface area contributed by atoms with E-state index in [1.54, 1.807) is 0 Å². The average Bonchev–Trinajstić information content (AvgIpc) is 2.26. The van der Waals surface area contributed by atoms with Gasteiger partial charge in [0.05, 0.1) is 0 Å². The molecular weight excluding hydrogens is 170 g/mol. The lowest BCUT2D eigenvalue weighted by Gasteiger charge is -2.29. The molecule has 0 aliphatic heterocycles. The molecule has 0 amide bonds. The molecule has 0 spiro atoms. The predicted octanol–water partition coefficient (Wildman–Crippen LogP) is 3.72. The fourth-order valence-electron chi connectivity index (χ4n) is 2.76. The third-order valence-electron chi connectivity index (χ3n) is 4.02. The highest BCUT2D eigenvalue weighted by Crippen LogP contribution is 2.29. The minimum absolute atomic E-state index is 0.486. The molecule has 1 aliphatic carbocycles. The van der Waals surface area contributed by atoms with E-state index in [4.69, 9.17) is 5.73 Å². The van der Waals surface area contributed by atoms with Crippen molar-refractivity contribution in [2.45, 2.75) is 71.3 Å². The van der Waals surface area contributed by atoms with Gasteiger partial charge in [-0.25, -0.2) is 0 Å². The van der Waals surface area contributed by atoms with Gasteiger partial charge in [0.25, 0.3) is 0 Å². The minimum atomic E-state index is 0.486. The molecule has 1 fully saturated rings. The fraction of sp³-hybridized carbons (Fsp3) is 1.00. The summed E-state index contributed by atoms with van der Waals surface area (Å²) >= 11 is 0. The first-order valence-corrected chi connectivity index (χ1v) is 6.53. The molecular formula is C13H27N. The van der Waals surface area contributed by atoms with Crippen LogP contribution in [-0.4, -0.2) is 6.04 Å². The van der Waals surface area contributed by atoms with E-state index in [2.05, 4.69) is 13.8 Å². The van der Waals surface area contributed by atoms with Gasteiger partial charge in [-0.05, 0) is 31.1 Å². The summed E-state index contributed by atoms with van der Waals surface area (Å²) in [5, 5.41) is 0. The van der Waals surface area contributed by atoms with E-state index in [1.165, 1.54) is 51.4 Å². The molecule has 1 nitrogen and oxygen atoms in total. The van der Waals surface area contributed by atoms with Gasteiger partial charge in [-0.1, -0.05) is 46.0 Å². The van der Waals surface area contributed by atoms with Crippen molar-refractivity contribution in [2.24, 2.45) is 17.6 Å². The van der Waals surface area contributed by atoms with E-state index in [0.717, 1.165) is 11.8 Å². The first-order chi connectivity index (χ1) is 6.77. The number of hydrogen-bond acceptors (Lipinski definition) is 1. The van der Waals surface area contributed by atoms with Gasteiger partial charge in [0, 0.05) is 6.04 Å². The van der Waals surface area contributed by atoms with Gasteiger partial charge in [-0.2, -0.15) is 0 Å². The van der Waals surface area contributed by atoms with Crippen molar-refractivity contribution in [3.8, 4) is 0 Å². The van der Waals surface area contributed by atoms with Crippen LogP contribution in [0.5, 0.6) is 0 Å². The van der Waals surface area contributed by atoms with Crippen molar-refractivity contribution in [1.29, 1.82) is 0 Å². The van der Waals surface area contributed by atoms with E-state index >= 15 is 0 Å². The van der Waals surface area contributed by atoms with Gasteiger partial charge in [-0.15, -0.1) is 0 Å². The van der Waals surface area contributed by atoms with Crippen LogP contribution in [0.25, 0.3) is 0 Å². The monoisotopic (exact) mass is 197 g/mol. The lowest BCUT2D eigenvalue weighted by molar-refractivity contribution is 0.264. The fourth-order valence-corrected chi connectivity index (χ4v) is 2.76. The minimum Gasteiger partial charge on any atom is -0.327 e. The Morgan fingerprint density at radius 3 is 2.14 bits per heavy atom. The smallest absolute Gasteiger partial charge is 0.00697 e. The Hall–Kier alpha value is -0.0400. The second kappa shape index (κ2) is 6.44. The molecule has 0 aromatic rings. The Morgan fingerprint density at radius 1 is 1.07 bits per heavy atom. The van der Waals surface area contributed by atoms with E-state index in [1.807, 2.05) is 0 Å². The molecule has 14 heavy (non-hydrogen) atoms. The van der Waals surface area contributed by atoms with E-state index in [0.29, 0.717) is 6.04 Å². The molecule has 0 aromatic carbocycles. The van der Waals surface area contributed by atoms with Crippen LogP contribution in [0.1, 0.15) is 65.2 Å². The van der Waals surface area contributed by atoms with Crippen LogP contribution >= 0.6 is 0 Å². The van der Waals surface area contributed by atoms with Crippen LogP contribution in [0.3, 0.4) is 0 Å². The zero-order valence-electron chi connectivity index (χ0n) is 9.97. The normalized spacial score (nSPS) is 21.4. The van der Waals surface area contributed by atoms with E-state index in [9.17, 15) is 0 Å². The average molecular weight is 197 g/mol. The summed E-state index contributed by atoms with van der Waals surface area (Å²) in [6.45, 7) is 4.59. The molecule has 0 saturated heterocycles. The Balaban J connectivity index is 2.27. The first-order valence-electron chi connectivity index (χ1n) is 6.53. The van der Waals surface area contributed by atoms with Gasteiger partial charge in [-0.3, -0.25) is 0 Å². The third kappa shape index (κ3) is 3.61. The Kier molecular flexibility index (Phi) is 5.54. The highest BCUT2D eigenvalue weighted by Gasteiger charge is 2.22. The quantitative estimate of drug-likeness (QED) is 0.714. The summed E-state index contributed by atoms with van der Waals surface area (Å²) in [5.41, 5.74) is 6.30. The topological polar surface area (TPSA) is 26.0 Å². The number of rotatable bonds is 5. The largest absolute Gasteiger partial charge is 0.327 e. The van der Waals surface area contributed by atoms with Crippen LogP contribution < -0.4 is 5.73 Å². The zero-order chi connectivity index (χ0) is 10.4. The standard InChI is InChI=1S/C13H27N/c1-3-11(4-2)10-13(14)12-8-6-5-7-9-12/h11-13H,3-10,14H2,1-2H3. The summed E-state index contributed by atoms with van der Waals surface area (Å²) in [6, 6.07) is 0.486. The van der Waals surface area contributed by atoms with Crippen LogP contribution in [0, 0.1) is 11.8 Å². The summed E-state index contributed by atoms with van der Waals surface area (Å²) < 4.78 is 0. The molecule has 84 valence electrons. The van der Waals surface area contributed by atoms with Crippen molar-refractivity contribution in [3.05, 3.63) is 0 Å². The van der Waals surface area contributed by atoms with Crippen LogP contribution in [0.15, 0.2) is 0 Å². The third-order valence-corrected chi connectivity index (χ3v) is 4.02. The maximum atomic E-state index is 6.30. The van der Waals surface area contributed by atoms with Crippen molar-refractivity contribution in [3.63, 3.8) is 0 Å². The summed E-state index contributed by atoms with van der Waals surface area (Å²) in [7, 11) is 0. The predicted molar refractivity (Wildman–Crippen MR) is 63.2 cm³/mol. The molecule has 0 radical (unpaired) electrons. The van der Waals surface area contributed by atoms with E-state index < -0.39 is 0 Å². The van der Waals surface area contributed by atoms with Gasteiger partial charge < -0.3 is 5.73 Å². The zero-order valence-corrected chi connectivity index (χ0v) is 9.97. The molecule has 1 aliphatic rings. The lowest BCUT2D eigenvalue weighted by atomic mass is 9.80. The van der Waals surface area contributed by atoms with Crippen molar-refractivity contribution in [2.75, 3.05) is 0 Å². The molecule has 0 bridgehead atoms. The molecule has 1 rings (SSSR count). The van der Waals surface area contributed by atoms with Gasteiger partial charge in [0.1, 0.15) is 0 Å². The number of nitrogens with two attached hydrogens (primary N) is 1. The van der Waals surface area contributed by atoms with Crippen molar-refractivity contribution < 1.29 is 0 Å². The van der Waals surface area contributed by atoms with Gasteiger partial charge in [0.2, 0.25) is 0 Å². The van der Waals surface area contributed by atoms with Crippen LogP contribution in [0.2, 0.25) is 0 Å². The SMILES string of the molecule is CCC(CC)CC(N)C1CCCCC1. The maximum absolute atomic E-state index is 6.30. The highest BCUT2D eigenvalue weighted by atomic mass is 14.7. The Morgan fingerprint density at radius 2 is 1.64 bits per heavy atom. The number of hydrogen-bond donors (Lipinski definition) is 1. The molecule has 0 aromatic heterocycles. The first kappa shape index (κ1) is 12.0. The van der Waals surface area contributed by atoms with E-state index in [-0.39, 0.29) is 0 Å². The molecule has 1 heteroatoms. The van der Waals surface area contributed by atoms with Crippen LogP contribution in [-0.2, 0) is 0 Å². The Labute approximate surface area is 89.5 Å². The van der Waals surface area contributed by atoms with Crippen LogP contribution in [0.4, 0.5) is 0 Å². The second-order valence-corrected chi connectivity index (χ2v) is 4.98.